The van der Waals surface area contributed by atoms with Crippen LogP contribution in [0.4, 0.5) is 0 Å². The van der Waals surface area contributed by atoms with Gasteiger partial charge >= 0.3 is 0 Å². The van der Waals surface area contributed by atoms with E-state index in [1.807, 2.05) is 11.4 Å². The first-order chi connectivity index (χ1) is 6.29. The first-order valence-electron chi connectivity index (χ1n) is 3.41. The number of ether oxygens (including phenoxy) is 1. The van der Waals surface area contributed by atoms with E-state index in [1.54, 1.807) is 7.11 Å². The molecule has 0 bridgehead atoms. The zero-order valence-electron chi connectivity index (χ0n) is 6.65. The number of hydrogen-bond acceptors (Lipinski definition) is 5. The maximum atomic E-state index is 5.03. The number of thiophene rings is 1. The molecular formula is C7H5BrN2O2S. The van der Waals surface area contributed by atoms with Crippen LogP contribution in [0.5, 0.6) is 5.75 Å². The maximum absolute atomic E-state index is 5.03. The van der Waals surface area contributed by atoms with Crippen LogP contribution in [0.2, 0.25) is 0 Å². The van der Waals surface area contributed by atoms with E-state index < -0.39 is 0 Å². The van der Waals surface area contributed by atoms with Gasteiger partial charge in [-0.1, -0.05) is 0 Å². The summed E-state index contributed by atoms with van der Waals surface area (Å²) in [6, 6.07) is 1.85. The summed E-state index contributed by atoms with van der Waals surface area (Å²) in [5.74, 6) is 1.30. The van der Waals surface area contributed by atoms with Gasteiger partial charge in [0.2, 0.25) is 4.73 Å². The highest BCUT2D eigenvalue weighted by Crippen LogP contribution is 2.30. The Hall–Kier alpha value is -0.880. The first-order valence-corrected chi connectivity index (χ1v) is 5.09. The fourth-order valence-corrected chi connectivity index (χ4v) is 1.85. The quantitative estimate of drug-likeness (QED) is 0.833. The second-order valence-corrected chi connectivity index (χ2v) is 3.84. The molecule has 0 fully saturated rings. The average Bonchev–Trinajstić information content (AvgIpc) is 2.71. The molecule has 2 rings (SSSR count). The van der Waals surface area contributed by atoms with Gasteiger partial charge in [0.1, 0.15) is 5.75 Å². The summed E-state index contributed by atoms with van der Waals surface area (Å²) in [5.41, 5.74) is 0. The van der Waals surface area contributed by atoms with Crippen LogP contribution in [0.25, 0.3) is 10.8 Å². The van der Waals surface area contributed by atoms with E-state index >= 15 is 0 Å². The standard InChI is InChI=1S/C7H5BrN2O2S/c1-11-4-2-5(13-3-4)6-9-7(8)10-12-6/h2-3H,1H3. The number of nitrogens with zero attached hydrogens (tertiary/aromatic N) is 2. The largest absolute Gasteiger partial charge is 0.496 e. The smallest absolute Gasteiger partial charge is 0.268 e. The molecule has 0 saturated heterocycles. The molecule has 13 heavy (non-hydrogen) atoms. The fraction of sp³-hybridized carbons (Fsp3) is 0.143. The van der Waals surface area contributed by atoms with Crippen LogP contribution in [0.1, 0.15) is 0 Å². The maximum Gasteiger partial charge on any atom is 0.268 e. The Labute approximate surface area is 86.7 Å². The number of rotatable bonds is 2. The van der Waals surface area contributed by atoms with E-state index in [1.165, 1.54) is 11.3 Å². The molecule has 0 unspecified atom stereocenters. The van der Waals surface area contributed by atoms with E-state index in [0.29, 0.717) is 10.6 Å². The summed E-state index contributed by atoms with van der Waals surface area (Å²) in [6.45, 7) is 0. The lowest BCUT2D eigenvalue weighted by Gasteiger charge is -1.88. The Morgan fingerprint density at radius 3 is 3.00 bits per heavy atom. The Kier molecular flexibility index (Phi) is 2.32. The summed E-state index contributed by atoms with van der Waals surface area (Å²) in [6.07, 6.45) is 0. The van der Waals surface area contributed by atoms with Crippen molar-refractivity contribution < 1.29 is 9.26 Å². The van der Waals surface area contributed by atoms with E-state index in [4.69, 9.17) is 9.26 Å². The monoisotopic (exact) mass is 260 g/mol. The highest BCUT2D eigenvalue weighted by atomic mass is 79.9. The second-order valence-electron chi connectivity index (χ2n) is 2.22. The van der Waals surface area contributed by atoms with Crippen molar-refractivity contribution >= 4 is 27.3 Å². The van der Waals surface area contributed by atoms with E-state index in [9.17, 15) is 0 Å². The van der Waals surface area contributed by atoms with Crippen LogP contribution in [-0.2, 0) is 0 Å². The van der Waals surface area contributed by atoms with Crippen molar-refractivity contribution in [2.24, 2.45) is 0 Å². The van der Waals surface area contributed by atoms with E-state index in [-0.39, 0.29) is 0 Å². The predicted molar refractivity (Wildman–Crippen MR) is 51.9 cm³/mol. The van der Waals surface area contributed by atoms with E-state index in [2.05, 4.69) is 26.1 Å². The molecule has 4 nitrogen and oxygen atoms in total. The van der Waals surface area contributed by atoms with Crippen molar-refractivity contribution in [1.82, 2.24) is 10.1 Å². The van der Waals surface area contributed by atoms with Crippen LogP contribution in [0, 0.1) is 0 Å². The van der Waals surface area contributed by atoms with Crippen LogP contribution >= 0.6 is 27.3 Å². The minimum Gasteiger partial charge on any atom is -0.496 e. The lowest BCUT2D eigenvalue weighted by Crippen LogP contribution is -1.76. The molecule has 0 N–H and O–H groups in total. The highest BCUT2D eigenvalue weighted by Gasteiger charge is 2.09. The SMILES string of the molecule is COc1csc(-c2nc(Br)no2)c1. The molecule has 0 amide bonds. The van der Waals surface area contributed by atoms with Gasteiger partial charge in [0.25, 0.3) is 5.89 Å². The van der Waals surface area contributed by atoms with Crippen molar-refractivity contribution in [3.8, 4) is 16.5 Å². The minimum absolute atomic E-state index is 0.454. The zero-order valence-corrected chi connectivity index (χ0v) is 9.05. The number of hydrogen-bond donors (Lipinski definition) is 0. The molecule has 68 valence electrons. The van der Waals surface area contributed by atoms with Gasteiger partial charge in [-0.25, -0.2) is 0 Å². The van der Waals surface area contributed by atoms with Crippen LogP contribution < -0.4 is 4.74 Å². The van der Waals surface area contributed by atoms with Gasteiger partial charge in [-0.15, -0.1) is 11.3 Å². The summed E-state index contributed by atoms with van der Waals surface area (Å²) in [4.78, 5) is 4.92. The number of aromatic nitrogens is 2. The first kappa shape index (κ1) is 8.71. The average molecular weight is 261 g/mol. The molecule has 2 heterocycles. The topological polar surface area (TPSA) is 48.2 Å². The molecule has 6 heteroatoms. The number of halogens is 1. The highest BCUT2D eigenvalue weighted by molar-refractivity contribution is 9.10. The third-order valence-corrected chi connectivity index (χ3v) is 2.64. The van der Waals surface area contributed by atoms with Gasteiger partial charge in [-0.2, -0.15) is 4.98 Å². The normalized spacial score (nSPS) is 10.3. The van der Waals surface area contributed by atoms with Gasteiger partial charge < -0.3 is 9.26 Å². The fourth-order valence-electron chi connectivity index (χ4n) is 0.844. The molecule has 0 atom stereocenters. The summed E-state index contributed by atoms with van der Waals surface area (Å²) >= 11 is 4.61. The zero-order chi connectivity index (χ0) is 9.26. The van der Waals surface area contributed by atoms with Crippen molar-refractivity contribution in [2.45, 2.75) is 0 Å². The molecule has 0 spiro atoms. The molecule has 0 radical (unpaired) electrons. The van der Waals surface area contributed by atoms with Crippen LogP contribution in [0.15, 0.2) is 20.7 Å². The van der Waals surface area contributed by atoms with Gasteiger partial charge in [-0.05, 0) is 21.1 Å². The van der Waals surface area contributed by atoms with Gasteiger partial charge in [0.05, 0.1) is 12.0 Å². The summed E-state index contributed by atoms with van der Waals surface area (Å²) in [5, 5.41) is 5.51. The molecule has 0 aliphatic heterocycles. The molecule has 0 aromatic carbocycles. The number of methoxy groups -OCH3 is 1. The Morgan fingerprint density at radius 2 is 2.46 bits per heavy atom. The molecular weight excluding hydrogens is 256 g/mol. The van der Waals surface area contributed by atoms with Gasteiger partial charge in [0, 0.05) is 11.4 Å². The second kappa shape index (κ2) is 3.47. The van der Waals surface area contributed by atoms with E-state index in [0.717, 1.165) is 10.6 Å². The summed E-state index contributed by atoms with van der Waals surface area (Å²) in [7, 11) is 1.62. The third kappa shape index (κ3) is 1.73. The van der Waals surface area contributed by atoms with Crippen molar-refractivity contribution in [3.05, 3.63) is 16.2 Å². The minimum atomic E-state index is 0.454. The molecule has 0 aliphatic rings. The van der Waals surface area contributed by atoms with Crippen molar-refractivity contribution in [2.75, 3.05) is 7.11 Å². The Balaban J connectivity index is 2.35. The lowest BCUT2D eigenvalue weighted by molar-refractivity contribution is 0.415. The molecule has 2 aromatic heterocycles. The summed E-state index contributed by atoms with van der Waals surface area (Å²) < 4.78 is 10.4. The van der Waals surface area contributed by atoms with Crippen LogP contribution in [0.3, 0.4) is 0 Å². The van der Waals surface area contributed by atoms with Crippen LogP contribution in [-0.4, -0.2) is 17.3 Å². The van der Waals surface area contributed by atoms with Gasteiger partial charge in [-0.3, -0.25) is 0 Å². The van der Waals surface area contributed by atoms with Gasteiger partial charge in [0.15, 0.2) is 0 Å². The van der Waals surface area contributed by atoms with Crippen molar-refractivity contribution in [3.63, 3.8) is 0 Å². The van der Waals surface area contributed by atoms with Crippen molar-refractivity contribution in [1.29, 1.82) is 0 Å². The molecule has 0 aliphatic carbocycles. The Bertz CT molecular complexity index is 412. The lowest BCUT2D eigenvalue weighted by atomic mass is 10.4. The predicted octanol–water partition coefficient (Wildman–Crippen LogP) is 2.57. The molecule has 0 saturated carbocycles. The Morgan fingerprint density at radius 1 is 1.62 bits per heavy atom. The third-order valence-electron chi connectivity index (χ3n) is 1.42. The molecule has 2 aromatic rings.